The predicted molar refractivity (Wildman–Crippen MR) is 120 cm³/mol. The summed E-state index contributed by atoms with van der Waals surface area (Å²) >= 11 is 0. The summed E-state index contributed by atoms with van der Waals surface area (Å²) in [6.45, 7) is 3.70. The first-order valence-electron chi connectivity index (χ1n) is 10.1. The number of nitrogens with zero attached hydrogens (tertiary/aromatic N) is 5. The molecule has 1 fully saturated rings. The van der Waals surface area contributed by atoms with Crippen molar-refractivity contribution in [3.63, 3.8) is 0 Å². The number of aromatic nitrogens is 4. The van der Waals surface area contributed by atoms with Crippen LogP contribution in [0.2, 0.25) is 0 Å². The molecule has 5 rings (SSSR count). The van der Waals surface area contributed by atoms with Gasteiger partial charge in [-0.1, -0.05) is 18.2 Å². The number of fused-ring (bicyclic) bond motifs is 1. The molecule has 0 bridgehead atoms. The van der Waals surface area contributed by atoms with E-state index in [1.165, 1.54) is 0 Å². The number of para-hydroxylation sites is 2. The minimum atomic E-state index is 0. The van der Waals surface area contributed by atoms with E-state index in [0.717, 1.165) is 22.3 Å². The van der Waals surface area contributed by atoms with Crippen molar-refractivity contribution in [2.75, 3.05) is 45.1 Å². The number of imidazole rings is 1. The summed E-state index contributed by atoms with van der Waals surface area (Å²) in [6, 6.07) is 7.86. The SMILES string of the molecule is Nc1ncc(C2=CCN(C(=O)N3CCOCC3)CC2)nc1-c1nc2ccccc2[nH]1.[HH].[HH].[HH]. The Balaban J connectivity index is 0.00000128. The summed E-state index contributed by atoms with van der Waals surface area (Å²) in [6.07, 6.45) is 4.45. The zero-order chi connectivity index (χ0) is 20.5. The van der Waals surface area contributed by atoms with Gasteiger partial charge in [0.25, 0.3) is 0 Å². The number of nitrogens with two attached hydrogens (primary N) is 1. The first kappa shape index (κ1) is 18.6. The minimum Gasteiger partial charge on any atom is -0.382 e. The Morgan fingerprint density at radius 3 is 2.73 bits per heavy atom. The van der Waals surface area contributed by atoms with E-state index in [-0.39, 0.29) is 10.3 Å². The smallest absolute Gasteiger partial charge is 0.320 e. The van der Waals surface area contributed by atoms with Gasteiger partial charge < -0.3 is 25.3 Å². The van der Waals surface area contributed by atoms with Gasteiger partial charge in [-0.2, -0.15) is 0 Å². The molecule has 2 aliphatic heterocycles. The molecule has 0 aliphatic carbocycles. The second-order valence-electron chi connectivity index (χ2n) is 7.40. The highest BCUT2D eigenvalue weighted by molar-refractivity contribution is 5.81. The van der Waals surface area contributed by atoms with Crippen molar-refractivity contribution in [2.24, 2.45) is 0 Å². The van der Waals surface area contributed by atoms with Crippen LogP contribution in [0.15, 0.2) is 36.5 Å². The molecule has 0 radical (unpaired) electrons. The van der Waals surface area contributed by atoms with Gasteiger partial charge in [0.2, 0.25) is 0 Å². The number of carbonyl (C=O) groups excluding carboxylic acids is 1. The highest BCUT2D eigenvalue weighted by Crippen LogP contribution is 2.27. The molecule has 0 saturated carbocycles. The molecular formula is C21H29N7O2. The van der Waals surface area contributed by atoms with Crippen LogP contribution in [0, 0.1) is 0 Å². The second-order valence-corrected chi connectivity index (χ2v) is 7.40. The lowest BCUT2D eigenvalue weighted by molar-refractivity contribution is 0.0441. The topological polar surface area (TPSA) is 113 Å². The van der Waals surface area contributed by atoms with E-state index >= 15 is 0 Å². The van der Waals surface area contributed by atoms with Crippen molar-refractivity contribution < 1.29 is 13.8 Å². The summed E-state index contributed by atoms with van der Waals surface area (Å²) in [5.41, 5.74) is 10.2. The van der Waals surface area contributed by atoms with Crippen LogP contribution >= 0.6 is 0 Å². The van der Waals surface area contributed by atoms with E-state index in [4.69, 9.17) is 15.5 Å². The molecule has 9 heteroatoms. The van der Waals surface area contributed by atoms with Crippen molar-refractivity contribution in [2.45, 2.75) is 6.42 Å². The van der Waals surface area contributed by atoms with Gasteiger partial charge in [0, 0.05) is 30.5 Å². The summed E-state index contributed by atoms with van der Waals surface area (Å²) in [4.78, 5) is 33.3. The standard InChI is InChI=1S/C21H23N7O2.3H2/c22-19-18(20-25-15-3-1-2-4-16(15)26-20)24-17(13-23-19)14-5-7-27(8-6-14)21(29)28-9-11-30-12-10-28;;;/h1-5,13H,6-12H2,(H2,22,23)(H,25,26);3*1H. The van der Waals surface area contributed by atoms with Crippen molar-refractivity contribution in [1.29, 1.82) is 0 Å². The fourth-order valence-corrected chi connectivity index (χ4v) is 3.82. The van der Waals surface area contributed by atoms with Gasteiger partial charge in [0.1, 0.15) is 5.69 Å². The Kier molecular flexibility index (Phi) is 4.80. The normalized spacial score (nSPS) is 17.3. The highest BCUT2D eigenvalue weighted by Gasteiger charge is 2.25. The zero-order valence-electron chi connectivity index (χ0n) is 16.5. The van der Waals surface area contributed by atoms with Crippen LogP contribution in [0.1, 0.15) is 16.4 Å². The number of urea groups is 1. The van der Waals surface area contributed by atoms with E-state index in [9.17, 15) is 4.79 Å². The molecule has 2 amide bonds. The molecule has 1 aromatic carbocycles. The molecular weight excluding hydrogens is 382 g/mol. The van der Waals surface area contributed by atoms with Gasteiger partial charge in [0.05, 0.1) is 36.1 Å². The maximum Gasteiger partial charge on any atom is 0.320 e. The minimum absolute atomic E-state index is 0. The largest absolute Gasteiger partial charge is 0.382 e. The van der Waals surface area contributed by atoms with Crippen LogP contribution in [-0.4, -0.2) is 75.2 Å². The number of H-pyrrole nitrogens is 1. The van der Waals surface area contributed by atoms with E-state index in [2.05, 4.69) is 15.0 Å². The molecule has 0 unspecified atom stereocenters. The predicted octanol–water partition coefficient (Wildman–Crippen LogP) is 2.88. The average Bonchev–Trinajstić information content (AvgIpc) is 3.24. The molecule has 4 heterocycles. The number of aromatic amines is 1. The zero-order valence-corrected chi connectivity index (χ0v) is 16.5. The number of carbonyl (C=O) groups is 1. The van der Waals surface area contributed by atoms with E-state index in [1.807, 2.05) is 40.1 Å². The van der Waals surface area contributed by atoms with Gasteiger partial charge >= 0.3 is 6.03 Å². The molecule has 1 saturated heterocycles. The van der Waals surface area contributed by atoms with Crippen LogP contribution in [-0.2, 0) is 4.74 Å². The molecule has 9 nitrogen and oxygen atoms in total. The third-order valence-electron chi connectivity index (χ3n) is 5.50. The number of hydrogen-bond donors (Lipinski definition) is 2. The third kappa shape index (κ3) is 3.48. The Labute approximate surface area is 178 Å². The Bertz CT molecular complexity index is 1100. The van der Waals surface area contributed by atoms with E-state index < -0.39 is 0 Å². The summed E-state index contributed by atoms with van der Waals surface area (Å²) in [7, 11) is 0. The van der Waals surface area contributed by atoms with E-state index in [1.54, 1.807) is 6.20 Å². The monoisotopic (exact) mass is 411 g/mol. The second kappa shape index (κ2) is 7.75. The molecule has 0 spiro atoms. The lowest BCUT2D eigenvalue weighted by Gasteiger charge is -2.34. The van der Waals surface area contributed by atoms with Crippen molar-refractivity contribution in [3.05, 3.63) is 42.2 Å². The lowest BCUT2D eigenvalue weighted by atomic mass is 10.1. The number of amides is 2. The number of anilines is 1. The molecule has 160 valence electrons. The Hall–Kier alpha value is -3.46. The number of ether oxygens (including phenoxy) is 1. The van der Waals surface area contributed by atoms with Gasteiger partial charge in [0.15, 0.2) is 11.6 Å². The van der Waals surface area contributed by atoms with Crippen LogP contribution in [0.3, 0.4) is 0 Å². The van der Waals surface area contributed by atoms with Crippen LogP contribution in [0.5, 0.6) is 0 Å². The quantitative estimate of drug-likeness (QED) is 0.670. The maximum absolute atomic E-state index is 12.7. The first-order chi connectivity index (χ1) is 14.7. The Morgan fingerprint density at radius 1 is 1.13 bits per heavy atom. The Morgan fingerprint density at radius 2 is 1.97 bits per heavy atom. The fourth-order valence-electron chi connectivity index (χ4n) is 3.82. The molecule has 3 aromatic rings. The number of rotatable bonds is 2. The van der Waals surface area contributed by atoms with Gasteiger partial charge in [-0.05, 0) is 24.1 Å². The van der Waals surface area contributed by atoms with Crippen molar-refractivity contribution in [1.82, 2.24) is 29.7 Å². The molecule has 3 N–H and O–H groups in total. The number of hydrogen-bond acceptors (Lipinski definition) is 6. The van der Waals surface area contributed by atoms with Crippen LogP contribution in [0.25, 0.3) is 28.1 Å². The van der Waals surface area contributed by atoms with Crippen molar-refractivity contribution in [3.8, 4) is 11.5 Å². The molecule has 30 heavy (non-hydrogen) atoms. The molecule has 2 aromatic heterocycles. The molecule has 0 atom stereocenters. The van der Waals surface area contributed by atoms with Crippen LogP contribution < -0.4 is 5.73 Å². The average molecular weight is 412 g/mol. The summed E-state index contributed by atoms with van der Waals surface area (Å²) in [5.74, 6) is 0.932. The lowest BCUT2D eigenvalue weighted by Crippen LogP contribution is -2.49. The third-order valence-corrected chi connectivity index (χ3v) is 5.50. The van der Waals surface area contributed by atoms with E-state index in [0.29, 0.717) is 63.1 Å². The fraction of sp³-hybridized carbons (Fsp3) is 0.333. The number of morpholine rings is 1. The van der Waals surface area contributed by atoms with Crippen LogP contribution in [0.4, 0.5) is 10.6 Å². The summed E-state index contributed by atoms with van der Waals surface area (Å²) in [5, 5.41) is 0. The highest BCUT2D eigenvalue weighted by atomic mass is 16.5. The van der Waals surface area contributed by atoms with Gasteiger partial charge in [-0.15, -0.1) is 0 Å². The maximum atomic E-state index is 12.7. The first-order valence-corrected chi connectivity index (χ1v) is 10.1. The van der Waals surface area contributed by atoms with Crippen molar-refractivity contribution >= 4 is 28.5 Å². The molecule has 2 aliphatic rings. The van der Waals surface area contributed by atoms with Gasteiger partial charge in [-0.25, -0.2) is 19.7 Å². The number of nitrogen functional groups attached to an aromatic ring is 1. The van der Waals surface area contributed by atoms with Gasteiger partial charge in [-0.3, -0.25) is 0 Å². The number of benzene rings is 1. The number of nitrogens with one attached hydrogen (secondary N) is 1. The summed E-state index contributed by atoms with van der Waals surface area (Å²) < 4.78 is 5.33.